The van der Waals surface area contributed by atoms with E-state index < -0.39 is 23.3 Å². The van der Waals surface area contributed by atoms with Crippen molar-refractivity contribution in [3.8, 4) is 0 Å². The van der Waals surface area contributed by atoms with Crippen LogP contribution in [0.15, 0.2) is 51.6 Å². The lowest BCUT2D eigenvalue weighted by Gasteiger charge is -2.40. The van der Waals surface area contributed by atoms with Crippen LogP contribution in [0.25, 0.3) is 5.70 Å². The van der Waals surface area contributed by atoms with Crippen LogP contribution in [0.5, 0.6) is 0 Å². The van der Waals surface area contributed by atoms with Crippen LogP contribution in [0, 0.1) is 11.2 Å². The van der Waals surface area contributed by atoms with E-state index in [-0.39, 0.29) is 24.0 Å². The van der Waals surface area contributed by atoms with Gasteiger partial charge < -0.3 is 15.2 Å². The first-order chi connectivity index (χ1) is 20.0. The minimum absolute atomic E-state index is 0.155. The summed E-state index contributed by atoms with van der Waals surface area (Å²) in [5, 5.41) is 15.8. The fraction of sp³-hybridized carbons (Fsp3) is 0.483. The van der Waals surface area contributed by atoms with Gasteiger partial charge >= 0.3 is 11.9 Å². The summed E-state index contributed by atoms with van der Waals surface area (Å²) in [7, 11) is 0. The van der Waals surface area contributed by atoms with Gasteiger partial charge in [-0.05, 0) is 44.5 Å². The van der Waals surface area contributed by atoms with Gasteiger partial charge in [0, 0.05) is 73.0 Å². The molecule has 5 rings (SSSR count). The molecule has 1 unspecified atom stereocenters. The molecule has 4 heterocycles. The van der Waals surface area contributed by atoms with Crippen LogP contribution in [-0.4, -0.2) is 94.1 Å². The number of benzene rings is 1. The lowest BCUT2D eigenvalue weighted by molar-refractivity contribution is -0.148. The summed E-state index contributed by atoms with van der Waals surface area (Å²) >= 11 is 9.85. The molecule has 2 fully saturated rings. The van der Waals surface area contributed by atoms with Gasteiger partial charge in [0.15, 0.2) is 0 Å². The molecule has 42 heavy (non-hydrogen) atoms. The van der Waals surface area contributed by atoms with Crippen molar-refractivity contribution >= 4 is 57.5 Å². The normalized spacial score (nSPS) is 23.9. The van der Waals surface area contributed by atoms with Gasteiger partial charge in [0.1, 0.15) is 16.3 Å². The third kappa shape index (κ3) is 6.46. The molecule has 3 atom stereocenters. The molecular weight excluding hydrogens is 645 g/mol. The Kier molecular flexibility index (Phi) is 9.45. The molecule has 0 aliphatic carbocycles. The Morgan fingerprint density at radius 2 is 2.10 bits per heavy atom. The monoisotopic (exact) mass is 679 g/mol. The molecule has 3 aliphatic rings. The Morgan fingerprint density at radius 1 is 1.31 bits per heavy atom. The predicted molar refractivity (Wildman–Crippen MR) is 166 cm³/mol. The quantitative estimate of drug-likeness (QED) is 0.266. The van der Waals surface area contributed by atoms with Crippen LogP contribution in [0.3, 0.4) is 0 Å². The van der Waals surface area contributed by atoms with Gasteiger partial charge in [-0.2, -0.15) is 0 Å². The zero-order valence-corrected chi connectivity index (χ0v) is 27.0. The zero-order chi connectivity index (χ0) is 30.2. The highest BCUT2D eigenvalue weighted by Crippen LogP contribution is 2.40. The maximum atomic E-state index is 14.1. The number of carbonyl (C=O) groups is 2. The number of aromatic nitrogens is 1. The number of ether oxygens (including phenoxy) is 1. The molecule has 1 aromatic carbocycles. The molecular formula is C29H35BrFN5O4S2. The fourth-order valence-electron chi connectivity index (χ4n) is 5.84. The van der Waals surface area contributed by atoms with Gasteiger partial charge in [-0.3, -0.25) is 19.5 Å². The number of thiazole rings is 1. The van der Waals surface area contributed by atoms with E-state index in [1.807, 2.05) is 11.5 Å². The molecule has 0 bridgehead atoms. The number of halogens is 2. The molecule has 2 aromatic rings. The summed E-state index contributed by atoms with van der Waals surface area (Å²) in [5.74, 6) is -2.11. The molecule has 226 valence electrons. The Balaban J connectivity index is 1.44. The van der Waals surface area contributed by atoms with E-state index in [0.717, 1.165) is 41.6 Å². The van der Waals surface area contributed by atoms with Crippen LogP contribution in [0.4, 0.5) is 4.39 Å². The molecule has 0 radical (unpaired) electrons. The molecule has 9 nitrogen and oxygen atoms in total. The highest BCUT2D eigenvalue weighted by atomic mass is 79.9. The van der Waals surface area contributed by atoms with Crippen LogP contribution < -0.4 is 5.32 Å². The molecule has 2 saturated heterocycles. The number of hydrogen-bond acceptors (Lipinski definition) is 10. The van der Waals surface area contributed by atoms with E-state index in [2.05, 4.69) is 40.9 Å². The number of nitrogens with zero attached hydrogens (tertiary/aromatic N) is 4. The van der Waals surface area contributed by atoms with E-state index in [0.29, 0.717) is 29.7 Å². The summed E-state index contributed by atoms with van der Waals surface area (Å²) < 4.78 is 20.2. The number of rotatable bonds is 9. The third-order valence-corrected chi connectivity index (χ3v) is 10.1. The van der Waals surface area contributed by atoms with Gasteiger partial charge in [0.25, 0.3) is 0 Å². The molecule has 2 N–H and O–H groups in total. The van der Waals surface area contributed by atoms with Crippen molar-refractivity contribution in [1.29, 1.82) is 0 Å². The largest absolute Gasteiger partial charge is 0.481 e. The number of allylic oxidation sites excluding steroid dienone is 1. The van der Waals surface area contributed by atoms with Crippen LogP contribution in [-0.2, 0) is 14.3 Å². The first-order valence-electron chi connectivity index (χ1n) is 13.9. The first-order valence-corrected chi connectivity index (χ1v) is 16.0. The van der Waals surface area contributed by atoms with Crippen molar-refractivity contribution in [2.45, 2.75) is 38.2 Å². The topological polar surface area (TPSA) is 98.2 Å². The van der Waals surface area contributed by atoms with Crippen molar-refractivity contribution in [2.24, 2.45) is 5.41 Å². The number of carboxylic acids is 1. The van der Waals surface area contributed by atoms with Gasteiger partial charge in [-0.15, -0.1) is 24.0 Å². The summed E-state index contributed by atoms with van der Waals surface area (Å²) in [6.45, 7) is 9.27. The maximum Gasteiger partial charge on any atom is 0.336 e. The van der Waals surface area contributed by atoms with Crippen molar-refractivity contribution in [2.75, 3.05) is 45.9 Å². The number of piperazine rings is 1. The molecule has 3 aliphatic heterocycles. The van der Waals surface area contributed by atoms with Gasteiger partial charge in [0.2, 0.25) is 0 Å². The third-order valence-electron chi connectivity index (χ3n) is 7.95. The van der Waals surface area contributed by atoms with Crippen LogP contribution >= 0.6 is 39.9 Å². The first kappa shape index (κ1) is 31.1. The summed E-state index contributed by atoms with van der Waals surface area (Å²) in [5.41, 5.74) is 1.70. The number of esters is 1. The van der Waals surface area contributed by atoms with Crippen molar-refractivity contribution in [3.63, 3.8) is 0 Å². The van der Waals surface area contributed by atoms with Crippen molar-refractivity contribution in [1.82, 2.24) is 25.0 Å². The summed E-state index contributed by atoms with van der Waals surface area (Å²) in [4.78, 5) is 36.5. The number of thiol groups is 1. The van der Waals surface area contributed by atoms with Gasteiger partial charge in [-0.1, -0.05) is 22.0 Å². The number of hydrogen-bond donors (Lipinski definition) is 3. The second-order valence-corrected chi connectivity index (χ2v) is 13.6. The Labute approximate surface area is 262 Å². The standard InChI is InChI=1S/C29H35BrFN5O4S2/c1-4-40-26(37)24-20(19-6-5-17(31)11-21(19)30)12-22(25-32-7-10-42-25)33-23(24)15-34-8-9-36-18(13-34)14-35(28(36)41)16-29(2,3)27(38)39/h5-7,10-12,18,20,28,33,41H,4,8-9,13-16H2,1-3H3,(H,38,39)/t18-,20-,28?/m0/s1. The lowest BCUT2D eigenvalue weighted by atomic mass is 9.86. The summed E-state index contributed by atoms with van der Waals surface area (Å²) in [6.07, 6.45) is 3.69. The second-order valence-electron chi connectivity index (χ2n) is 11.4. The molecule has 1 aromatic heterocycles. The van der Waals surface area contributed by atoms with Crippen molar-refractivity contribution < 1.29 is 23.8 Å². The lowest BCUT2D eigenvalue weighted by Crippen LogP contribution is -2.53. The van der Waals surface area contributed by atoms with Crippen molar-refractivity contribution in [3.05, 3.63) is 68.0 Å². The molecule has 0 amide bonds. The van der Waals surface area contributed by atoms with E-state index in [1.54, 1.807) is 33.0 Å². The highest BCUT2D eigenvalue weighted by molar-refractivity contribution is 9.10. The number of fused-ring (bicyclic) bond motifs is 1. The number of aliphatic carboxylic acids is 1. The smallest absolute Gasteiger partial charge is 0.336 e. The van der Waals surface area contributed by atoms with Gasteiger partial charge in [-0.25, -0.2) is 14.2 Å². The Bertz CT molecular complexity index is 1400. The predicted octanol–water partition coefficient (Wildman–Crippen LogP) is 4.22. The number of dihydropyridines is 1. The number of carbonyl (C=O) groups excluding carboxylic acids is 1. The molecule has 0 spiro atoms. The molecule has 0 saturated carbocycles. The SMILES string of the molecule is CCOC(=O)C1=C(CN2CCN3C(S)N(CC(C)(C)C(=O)O)C[C@@H]3C2)NC(c2nccs2)=C[C@H]1c1ccc(F)cc1Br. The van der Waals surface area contributed by atoms with Crippen LogP contribution in [0.1, 0.15) is 37.3 Å². The Hall–Kier alpha value is -2.29. The highest BCUT2D eigenvalue weighted by Gasteiger charge is 2.44. The Morgan fingerprint density at radius 3 is 2.76 bits per heavy atom. The number of carboxylic acid groups (broad SMARTS) is 1. The minimum atomic E-state index is -0.886. The van der Waals surface area contributed by atoms with E-state index in [4.69, 9.17) is 17.4 Å². The maximum absolute atomic E-state index is 14.1. The average molecular weight is 681 g/mol. The minimum Gasteiger partial charge on any atom is -0.481 e. The number of nitrogens with one attached hydrogen (secondary N) is 1. The second kappa shape index (κ2) is 12.7. The van der Waals surface area contributed by atoms with Crippen LogP contribution in [0.2, 0.25) is 0 Å². The fourth-order valence-corrected chi connectivity index (χ4v) is 7.53. The van der Waals surface area contributed by atoms with E-state index in [9.17, 15) is 19.1 Å². The van der Waals surface area contributed by atoms with E-state index >= 15 is 0 Å². The zero-order valence-electron chi connectivity index (χ0n) is 23.7. The van der Waals surface area contributed by atoms with Gasteiger partial charge in [0.05, 0.1) is 23.3 Å². The summed E-state index contributed by atoms with van der Waals surface area (Å²) in [6, 6.07) is 4.66. The molecule has 13 heteroatoms. The van der Waals surface area contributed by atoms with E-state index in [1.165, 1.54) is 23.5 Å². The average Bonchev–Trinajstić information content (AvgIpc) is 3.57.